The molecule has 4 nitrogen and oxygen atoms in total. The second kappa shape index (κ2) is 8.19. The highest BCUT2D eigenvalue weighted by molar-refractivity contribution is 5.85. The Morgan fingerprint density at radius 3 is 2.62 bits per heavy atom. The van der Waals surface area contributed by atoms with Gasteiger partial charge in [0.05, 0.1) is 12.5 Å². The number of halogens is 4. The molecule has 0 aliphatic carbocycles. The number of hydrogen-bond acceptors (Lipinski definition) is 3. The van der Waals surface area contributed by atoms with Crippen LogP contribution < -0.4 is 5.32 Å². The first kappa shape index (κ1) is 18.5. The van der Waals surface area contributed by atoms with Crippen LogP contribution in [0.3, 0.4) is 0 Å². The molecule has 1 amide bonds. The maximum absolute atomic E-state index is 12.7. The van der Waals surface area contributed by atoms with Gasteiger partial charge >= 0.3 is 6.18 Å². The van der Waals surface area contributed by atoms with Crippen LogP contribution in [0, 0.1) is 5.92 Å². The maximum Gasteiger partial charge on any atom is 0.393 e. The Bertz CT molecular complexity index is 333. The first-order chi connectivity index (χ1) is 9.47. The van der Waals surface area contributed by atoms with Crippen molar-refractivity contribution in [2.24, 2.45) is 5.92 Å². The number of amides is 1. The summed E-state index contributed by atoms with van der Waals surface area (Å²) in [6, 6.07) is 0. The molecule has 2 heterocycles. The van der Waals surface area contributed by atoms with E-state index in [1.807, 2.05) is 4.90 Å². The minimum atomic E-state index is -4.19. The molecular weight excluding hydrogens is 307 g/mol. The van der Waals surface area contributed by atoms with Gasteiger partial charge in [-0.1, -0.05) is 0 Å². The second-order valence-electron chi connectivity index (χ2n) is 5.60. The average Bonchev–Trinajstić information content (AvgIpc) is 2.66. The van der Waals surface area contributed by atoms with Gasteiger partial charge in [-0.25, -0.2) is 0 Å². The fourth-order valence-electron chi connectivity index (χ4n) is 2.82. The smallest absolute Gasteiger partial charge is 0.341 e. The Balaban J connectivity index is 0.00000220. The Morgan fingerprint density at radius 1 is 1.14 bits per heavy atom. The molecule has 21 heavy (non-hydrogen) atoms. The number of piperidine rings is 1. The SMILES string of the molecule is Cl.O=C(CN1CCCNCC1)N1CCCC(C(F)(F)F)C1. The Labute approximate surface area is 129 Å². The van der Waals surface area contributed by atoms with Crippen LogP contribution >= 0.6 is 12.4 Å². The summed E-state index contributed by atoms with van der Waals surface area (Å²) in [5, 5.41) is 3.24. The molecule has 0 saturated carbocycles. The van der Waals surface area contributed by atoms with Crippen LogP contribution in [0.15, 0.2) is 0 Å². The number of likely N-dealkylation sites (tertiary alicyclic amines) is 1. The molecule has 2 rings (SSSR count). The quantitative estimate of drug-likeness (QED) is 0.834. The predicted octanol–water partition coefficient (Wildman–Crippen LogP) is 1.50. The molecule has 0 radical (unpaired) electrons. The summed E-state index contributed by atoms with van der Waals surface area (Å²) < 4.78 is 38.2. The summed E-state index contributed by atoms with van der Waals surface area (Å²) >= 11 is 0. The van der Waals surface area contributed by atoms with Gasteiger partial charge in [0.1, 0.15) is 0 Å². The fourth-order valence-corrected chi connectivity index (χ4v) is 2.82. The molecule has 2 fully saturated rings. The van der Waals surface area contributed by atoms with Crippen molar-refractivity contribution in [3.05, 3.63) is 0 Å². The van der Waals surface area contributed by atoms with Crippen molar-refractivity contribution in [3.8, 4) is 0 Å². The third-order valence-electron chi connectivity index (χ3n) is 4.03. The Kier molecular flexibility index (Phi) is 7.23. The van der Waals surface area contributed by atoms with Gasteiger partial charge in [-0.15, -0.1) is 12.4 Å². The van der Waals surface area contributed by atoms with E-state index in [9.17, 15) is 18.0 Å². The molecule has 0 aromatic heterocycles. The van der Waals surface area contributed by atoms with E-state index in [1.165, 1.54) is 4.90 Å². The molecule has 0 bridgehead atoms. The number of hydrogen-bond donors (Lipinski definition) is 1. The number of carbonyl (C=O) groups is 1. The topological polar surface area (TPSA) is 35.6 Å². The van der Waals surface area contributed by atoms with Crippen LogP contribution in [0.25, 0.3) is 0 Å². The van der Waals surface area contributed by atoms with E-state index in [2.05, 4.69) is 5.32 Å². The van der Waals surface area contributed by atoms with Gasteiger partial charge in [0.2, 0.25) is 5.91 Å². The van der Waals surface area contributed by atoms with Crippen molar-refractivity contribution in [1.82, 2.24) is 15.1 Å². The van der Waals surface area contributed by atoms with E-state index in [1.54, 1.807) is 0 Å². The zero-order chi connectivity index (χ0) is 14.6. The highest BCUT2D eigenvalue weighted by Crippen LogP contribution is 2.33. The standard InChI is InChI=1S/C13H22F3N3O.ClH/c14-13(15,16)11-3-1-7-19(9-11)12(20)10-18-6-2-4-17-5-8-18;/h11,17H,1-10H2;1H. The van der Waals surface area contributed by atoms with E-state index in [0.29, 0.717) is 13.0 Å². The highest BCUT2D eigenvalue weighted by Gasteiger charge is 2.42. The zero-order valence-electron chi connectivity index (χ0n) is 12.0. The Hall–Kier alpha value is -0.530. The third kappa shape index (κ3) is 5.64. The summed E-state index contributed by atoms with van der Waals surface area (Å²) in [5.74, 6) is -1.52. The number of carbonyl (C=O) groups excluding carboxylic acids is 1. The van der Waals surface area contributed by atoms with E-state index < -0.39 is 12.1 Å². The summed E-state index contributed by atoms with van der Waals surface area (Å²) in [6.07, 6.45) is -2.64. The zero-order valence-corrected chi connectivity index (χ0v) is 12.8. The average molecular weight is 330 g/mol. The number of nitrogens with zero attached hydrogens (tertiary/aromatic N) is 2. The van der Waals surface area contributed by atoms with Gasteiger partial charge in [0.25, 0.3) is 0 Å². The molecule has 124 valence electrons. The molecule has 0 spiro atoms. The van der Waals surface area contributed by atoms with Gasteiger partial charge < -0.3 is 10.2 Å². The number of alkyl halides is 3. The van der Waals surface area contributed by atoms with Crippen molar-refractivity contribution in [1.29, 1.82) is 0 Å². The molecule has 0 aromatic rings. The van der Waals surface area contributed by atoms with Crippen LogP contribution in [-0.2, 0) is 4.79 Å². The number of rotatable bonds is 2. The van der Waals surface area contributed by atoms with Gasteiger partial charge in [0.15, 0.2) is 0 Å². The molecule has 8 heteroatoms. The molecule has 1 unspecified atom stereocenters. The summed E-state index contributed by atoms with van der Waals surface area (Å²) in [6.45, 7) is 3.90. The van der Waals surface area contributed by atoms with Gasteiger partial charge in [0, 0.05) is 26.2 Å². The normalized spacial score (nSPS) is 25.1. The molecule has 1 atom stereocenters. The maximum atomic E-state index is 12.7. The van der Waals surface area contributed by atoms with Crippen LogP contribution in [0.5, 0.6) is 0 Å². The van der Waals surface area contributed by atoms with Gasteiger partial charge in [-0.3, -0.25) is 9.69 Å². The molecule has 0 aromatic carbocycles. The van der Waals surface area contributed by atoms with E-state index >= 15 is 0 Å². The van der Waals surface area contributed by atoms with E-state index in [0.717, 1.165) is 32.6 Å². The van der Waals surface area contributed by atoms with Crippen LogP contribution in [-0.4, -0.2) is 67.7 Å². The van der Waals surface area contributed by atoms with Crippen molar-refractivity contribution in [3.63, 3.8) is 0 Å². The minimum absolute atomic E-state index is 0. The van der Waals surface area contributed by atoms with Crippen molar-refractivity contribution in [2.45, 2.75) is 25.4 Å². The minimum Gasteiger partial charge on any atom is -0.341 e. The van der Waals surface area contributed by atoms with E-state index in [4.69, 9.17) is 0 Å². The fraction of sp³-hybridized carbons (Fsp3) is 0.923. The van der Waals surface area contributed by atoms with Gasteiger partial charge in [-0.2, -0.15) is 13.2 Å². The van der Waals surface area contributed by atoms with Crippen LogP contribution in [0.4, 0.5) is 13.2 Å². The first-order valence-corrected chi connectivity index (χ1v) is 7.24. The lowest BCUT2D eigenvalue weighted by atomic mass is 9.97. The van der Waals surface area contributed by atoms with Crippen LogP contribution in [0.2, 0.25) is 0 Å². The lowest BCUT2D eigenvalue weighted by Gasteiger charge is -2.35. The van der Waals surface area contributed by atoms with Crippen LogP contribution in [0.1, 0.15) is 19.3 Å². The predicted molar refractivity (Wildman–Crippen MR) is 76.5 cm³/mol. The molecule has 2 saturated heterocycles. The first-order valence-electron chi connectivity index (χ1n) is 7.24. The van der Waals surface area contributed by atoms with Gasteiger partial charge in [-0.05, 0) is 32.4 Å². The highest BCUT2D eigenvalue weighted by atomic mass is 35.5. The number of nitrogens with one attached hydrogen (secondary N) is 1. The van der Waals surface area contributed by atoms with E-state index in [-0.39, 0.29) is 37.8 Å². The largest absolute Gasteiger partial charge is 0.393 e. The molecule has 2 aliphatic rings. The summed E-state index contributed by atoms with van der Waals surface area (Å²) in [7, 11) is 0. The van der Waals surface area contributed by atoms with Crippen molar-refractivity contribution < 1.29 is 18.0 Å². The lowest BCUT2D eigenvalue weighted by Crippen LogP contribution is -2.48. The van der Waals surface area contributed by atoms with Crippen molar-refractivity contribution >= 4 is 18.3 Å². The summed E-state index contributed by atoms with van der Waals surface area (Å²) in [4.78, 5) is 15.6. The molecule has 1 N–H and O–H groups in total. The monoisotopic (exact) mass is 329 g/mol. The summed E-state index contributed by atoms with van der Waals surface area (Å²) in [5.41, 5.74) is 0. The third-order valence-corrected chi connectivity index (χ3v) is 4.03. The van der Waals surface area contributed by atoms with Crippen molar-refractivity contribution in [2.75, 3.05) is 45.8 Å². The second-order valence-corrected chi connectivity index (χ2v) is 5.60. The lowest BCUT2D eigenvalue weighted by molar-refractivity contribution is -0.188. The Morgan fingerprint density at radius 2 is 1.90 bits per heavy atom. The molecule has 2 aliphatic heterocycles. The molecular formula is C13H23ClF3N3O.